The first-order chi connectivity index (χ1) is 13.8. The highest BCUT2D eigenvalue weighted by molar-refractivity contribution is 6.84. The van der Waals surface area contributed by atoms with Gasteiger partial charge in [0.25, 0.3) is 0 Å². The summed E-state index contributed by atoms with van der Waals surface area (Å²) >= 11 is 0. The second-order valence-electron chi connectivity index (χ2n) is 8.86. The molecule has 5 rings (SSSR count). The summed E-state index contributed by atoms with van der Waals surface area (Å²) in [5.41, 5.74) is 9.14. The summed E-state index contributed by atoms with van der Waals surface area (Å²) in [6.07, 6.45) is 16.2. The van der Waals surface area contributed by atoms with Gasteiger partial charge in [-0.3, -0.25) is 0 Å². The normalized spacial score (nSPS) is 22.6. The molecule has 2 aromatic carbocycles. The predicted octanol–water partition coefficient (Wildman–Crippen LogP) is 7.80. The van der Waals surface area contributed by atoms with Crippen molar-refractivity contribution in [1.29, 1.82) is 0 Å². The van der Waals surface area contributed by atoms with E-state index in [4.69, 9.17) is 0 Å². The van der Waals surface area contributed by atoms with Crippen LogP contribution >= 0.6 is 0 Å². The summed E-state index contributed by atoms with van der Waals surface area (Å²) in [6.45, 7) is 3.91. The molecule has 0 radical (unpaired) electrons. The number of benzene rings is 2. The summed E-state index contributed by atoms with van der Waals surface area (Å²) in [6, 6.07) is 21.5. The standard InChI is InChI=1S/C27H30Si/c1-2-3-11-21-16-17-22(20-21)28(18-9-4-10-19-28)27-25-14-7-5-12-23(25)24-13-6-8-15-26(24)27/h2,5-8,12-17,20,22,27H,1,3-4,9-11,18-19H2. The molecule has 1 heteroatoms. The molecule has 0 saturated carbocycles. The molecule has 142 valence electrons. The minimum atomic E-state index is -1.59. The Balaban J connectivity index is 1.63. The molecule has 1 fully saturated rings. The summed E-state index contributed by atoms with van der Waals surface area (Å²) in [5.74, 6) is 0. The van der Waals surface area contributed by atoms with Crippen LogP contribution in [0, 0.1) is 0 Å². The summed E-state index contributed by atoms with van der Waals surface area (Å²) in [4.78, 5) is 0. The van der Waals surface area contributed by atoms with Crippen LogP contribution in [0.3, 0.4) is 0 Å². The maximum Gasteiger partial charge on any atom is 0.0775 e. The third kappa shape index (κ3) is 2.79. The van der Waals surface area contributed by atoms with E-state index in [0.29, 0.717) is 11.1 Å². The number of hydrogen-bond donors (Lipinski definition) is 0. The topological polar surface area (TPSA) is 0 Å². The highest BCUT2D eigenvalue weighted by Crippen LogP contribution is 2.57. The van der Waals surface area contributed by atoms with Gasteiger partial charge >= 0.3 is 0 Å². The molecule has 28 heavy (non-hydrogen) atoms. The molecule has 0 amide bonds. The molecule has 0 N–H and O–H groups in total. The van der Waals surface area contributed by atoms with Gasteiger partial charge in [-0.25, -0.2) is 0 Å². The van der Waals surface area contributed by atoms with Crippen LogP contribution < -0.4 is 0 Å². The fourth-order valence-electron chi connectivity index (χ4n) is 6.16. The first-order valence-electron chi connectivity index (χ1n) is 11.0. The maximum atomic E-state index is 3.91. The number of allylic oxidation sites excluding steroid dienone is 5. The van der Waals surface area contributed by atoms with Crippen molar-refractivity contribution in [2.45, 2.75) is 55.3 Å². The highest BCUT2D eigenvalue weighted by Gasteiger charge is 2.51. The molecule has 1 atom stereocenters. The van der Waals surface area contributed by atoms with Crippen LogP contribution in [-0.2, 0) is 0 Å². The van der Waals surface area contributed by atoms with E-state index in [-0.39, 0.29) is 0 Å². The quantitative estimate of drug-likeness (QED) is 0.365. The Morgan fingerprint density at radius 1 is 0.893 bits per heavy atom. The third-order valence-corrected chi connectivity index (χ3v) is 13.4. The molecule has 2 aliphatic carbocycles. The van der Waals surface area contributed by atoms with Gasteiger partial charge in [0.05, 0.1) is 8.07 Å². The maximum absolute atomic E-state index is 3.91. The predicted molar refractivity (Wildman–Crippen MR) is 123 cm³/mol. The monoisotopic (exact) mass is 382 g/mol. The van der Waals surface area contributed by atoms with Gasteiger partial charge in [0.15, 0.2) is 0 Å². The zero-order chi connectivity index (χ0) is 19.0. The molecule has 0 spiro atoms. The van der Waals surface area contributed by atoms with Crippen molar-refractivity contribution >= 4 is 8.07 Å². The van der Waals surface area contributed by atoms with Crippen molar-refractivity contribution in [2.24, 2.45) is 0 Å². The van der Waals surface area contributed by atoms with Gasteiger partial charge in [-0.05, 0) is 40.6 Å². The van der Waals surface area contributed by atoms with Crippen LogP contribution in [0.2, 0.25) is 17.6 Å². The van der Waals surface area contributed by atoms with Crippen LogP contribution in [0.15, 0.2) is 85.0 Å². The third-order valence-electron chi connectivity index (χ3n) is 7.41. The zero-order valence-corrected chi connectivity index (χ0v) is 17.7. The minimum absolute atomic E-state index is 0.657. The van der Waals surface area contributed by atoms with Gasteiger partial charge in [0.1, 0.15) is 0 Å². The lowest BCUT2D eigenvalue weighted by Crippen LogP contribution is -2.46. The number of rotatable bonds is 5. The molecule has 1 aliphatic heterocycles. The second-order valence-corrected chi connectivity index (χ2v) is 13.6. The molecule has 0 bridgehead atoms. The van der Waals surface area contributed by atoms with Crippen molar-refractivity contribution in [1.82, 2.24) is 0 Å². The fourth-order valence-corrected chi connectivity index (χ4v) is 12.6. The summed E-state index contributed by atoms with van der Waals surface area (Å²) in [5, 5.41) is 0. The second kappa shape index (κ2) is 7.37. The average molecular weight is 383 g/mol. The molecule has 3 aliphatic rings. The summed E-state index contributed by atoms with van der Waals surface area (Å²) < 4.78 is 0. The van der Waals surface area contributed by atoms with Gasteiger partial charge in [-0.2, -0.15) is 0 Å². The molecule has 1 saturated heterocycles. The SMILES string of the molecule is C=CCCC1=CC([Si]2(C3c4ccccc4-c4ccccc43)CCCCC2)C=C1. The lowest BCUT2D eigenvalue weighted by Gasteiger charge is -2.44. The van der Waals surface area contributed by atoms with Crippen molar-refractivity contribution in [3.05, 3.63) is 96.1 Å². The average Bonchev–Trinajstić information content (AvgIpc) is 3.36. The lowest BCUT2D eigenvalue weighted by atomic mass is 10.1. The molecule has 0 aromatic heterocycles. The van der Waals surface area contributed by atoms with E-state index in [1.807, 2.05) is 0 Å². The Hall–Kier alpha value is -2.12. The Bertz CT molecular complexity index is 897. The summed E-state index contributed by atoms with van der Waals surface area (Å²) in [7, 11) is -1.59. The van der Waals surface area contributed by atoms with Gasteiger partial charge in [-0.1, -0.05) is 110 Å². The molecule has 2 aromatic rings. The van der Waals surface area contributed by atoms with Crippen LogP contribution in [-0.4, -0.2) is 8.07 Å². The van der Waals surface area contributed by atoms with E-state index < -0.39 is 8.07 Å². The first-order valence-corrected chi connectivity index (χ1v) is 13.6. The lowest BCUT2D eigenvalue weighted by molar-refractivity contribution is 0.689. The Kier molecular flexibility index (Phi) is 4.72. The number of fused-ring (bicyclic) bond motifs is 3. The number of hydrogen-bond acceptors (Lipinski definition) is 0. The van der Waals surface area contributed by atoms with Gasteiger partial charge < -0.3 is 0 Å². The molecule has 0 nitrogen and oxygen atoms in total. The van der Waals surface area contributed by atoms with Crippen molar-refractivity contribution < 1.29 is 0 Å². The van der Waals surface area contributed by atoms with E-state index in [0.717, 1.165) is 12.8 Å². The van der Waals surface area contributed by atoms with Gasteiger partial charge in [-0.15, -0.1) is 6.58 Å². The van der Waals surface area contributed by atoms with Crippen LogP contribution in [0.25, 0.3) is 11.1 Å². The van der Waals surface area contributed by atoms with Crippen molar-refractivity contribution in [2.75, 3.05) is 0 Å². The first kappa shape index (κ1) is 17.9. The highest BCUT2D eigenvalue weighted by atomic mass is 28.3. The van der Waals surface area contributed by atoms with E-state index >= 15 is 0 Å². The molecule has 1 heterocycles. The Labute approximate surface area is 170 Å². The smallest absolute Gasteiger partial charge is 0.0775 e. The van der Waals surface area contributed by atoms with Crippen molar-refractivity contribution in [3.63, 3.8) is 0 Å². The van der Waals surface area contributed by atoms with E-state index in [2.05, 4.69) is 79.4 Å². The van der Waals surface area contributed by atoms with E-state index in [1.165, 1.54) is 42.5 Å². The largest absolute Gasteiger partial charge is 0.103 e. The van der Waals surface area contributed by atoms with Crippen LogP contribution in [0.5, 0.6) is 0 Å². The van der Waals surface area contributed by atoms with Gasteiger partial charge in [0, 0.05) is 5.54 Å². The van der Waals surface area contributed by atoms with Crippen LogP contribution in [0.4, 0.5) is 0 Å². The van der Waals surface area contributed by atoms with Crippen molar-refractivity contribution in [3.8, 4) is 11.1 Å². The minimum Gasteiger partial charge on any atom is -0.103 e. The molecular weight excluding hydrogens is 352 g/mol. The van der Waals surface area contributed by atoms with Gasteiger partial charge in [0.2, 0.25) is 0 Å². The Morgan fingerprint density at radius 3 is 2.18 bits per heavy atom. The Morgan fingerprint density at radius 2 is 1.54 bits per heavy atom. The fraction of sp³-hybridized carbons (Fsp3) is 0.333. The van der Waals surface area contributed by atoms with E-state index in [1.54, 1.807) is 16.7 Å². The molecule has 1 unspecified atom stereocenters. The molecular formula is C27H30Si. The van der Waals surface area contributed by atoms with E-state index in [9.17, 15) is 0 Å². The zero-order valence-electron chi connectivity index (χ0n) is 16.7. The van der Waals surface area contributed by atoms with Crippen LogP contribution in [0.1, 0.15) is 48.8 Å².